The second-order valence-electron chi connectivity index (χ2n) is 8.23. The summed E-state index contributed by atoms with van der Waals surface area (Å²) in [6, 6.07) is 0.318. The lowest BCUT2D eigenvalue weighted by molar-refractivity contribution is -0.130. The number of likely N-dealkylation sites (tertiary alicyclic amines) is 1. The van der Waals surface area contributed by atoms with E-state index in [1.54, 1.807) is 0 Å². The average Bonchev–Trinajstić information content (AvgIpc) is 2.98. The van der Waals surface area contributed by atoms with Crippen LogP contribution in [0, 0.1) is 24.7 Å². The summed E-state index contributed by atoms with van der Waals surface area (Å²) in [7, 11) is 0. The predicted octanol–water partition coefficient (Wildman–Crippen LogP) is 2.51. The fourth-order valence-electron chi connectivity index (χ4n) is 4.12. The minimum Gasteiger partial charge on any atom is -0.380 e. The maximum Gasteiger partial charge on any atom is 0.227 e. The van der Waals surface area contributed by atoms with Crippen LogP contribution in [0.4, 0.5) is 0 Å². The normalized spacial score (nSPS) is 30.3. The molecule has 5 nitrogen and oxygen atoms in total. The number of fused-ring (bicyclic) bond motifs is 1. The first-order valence-electron chi connectivity index (χ1n) is 8.57. The average molecular weight is 319 g/mol. The molecule has 2 atom stereocenters. The Labute approximate surface area is 139 Å². The molecule has 5 heteroatoms. The third-order valence-electron chi connectivity index (χ3n) is 6.02. The van der Waals surface area contributed by atoms with Gasteiger partial charge in [-0.15, -0.1) is 0 Å². The molecule has 0 unspecified atom stereocenters. The molecular formula is C18H29N3O2. The fourth-order valence-corrected chi connectivity index (χ4v) is 4.12. The molecule has 0 aliphatic carbocycles. The van der Waals surface area contributed by atoms with Gasteiger partial charge in [-0.2, -0.15) is 5.10 Å². The highest BCUT2D eigenvalue weighted by atomic mass is 16.5. The Bertz CT molecular complexity index is 618. The number of amides is 1. The number of hydrogen-bond donors (Lipinski definition) is 0. The number of carbonyl (C=O) groups excluding carboxylic acids is 1. The third kappa shape index (κ3) is 2.49. The highest BCUT2D eigenvalue weighted by Crippen LogP contribution is 2.50. The first kappa shape index (κ1) is 16.5. The molecule has 3 heterocycles. The maximum atomic E-state index is 12.9. The Kier molecular flexibility index (Phi) is 3.82. The Morgan fingerprint density at radius 2 is 1.78 bits per heavy atom. The third-order valence-corrected chi connectivity index (χ3v) is 6.02. The molecule has 2 aliphatic rings. The topological polar surface area (TPSA) is 47.4 Å². The molecule has 23 heavy (non-hydrogen) atoms. The van der Waals surface area contributed by atoms with Gasteiger partial charge in [0.2, 0.25) is 5.91 Å². The zero-order chi connectivity index (χ0) is 17.0. The molecule has 2 fully saturated rings. The fraction of sp³-hybridized carbons (Fsp3) is 0.778. The van der Waals surface area contributed by atoms with Gasteiger partial charge < -0.3 is 9.64 Å². The van der Waals surface area contributed by atoms with Crippen LogP contribution in [-0.2, 0) is 16.0 Å². The lowest BCUT2D eigenvalue weighted by Gasteiger charge is -2.29. The standard InChI is InChI=1S/C18H29N3O2/c1-12(2)21-14(4)15(13(3)19-21)7-16(22)20-8-17(5)10-23-11-18(17,6)9-20/h12H,7-11H2,1-6H3/t17-,18+. The van der Waals surface area contributed by atoms with E-state index in [-0.39, 0.29) is 16.7 Å². The van der Waals surface area contributed by atoms with E-state index in [2.05, 4.69) is 39.7 Å². The zero-order valence-corrected chi connectivity index (χ0v) is 15.3. The maximum absolute atomic E-state index is 12.9. The number of ether oxygens (including phenoxy) is 1. The molecule has 1 aromatic heterocycles. The second kappa shape index (κ2) is 5.33. The summed E-state index contributed by atoms with van der Waals surface area (Å²) in [4.78, 5) is 14.9. The van der Waals surface area contributed by atoms with Crippen molar-refractivity contribution >= 4 is 5.91 Å². The van der Waals surface area contributed by atoms with E-state index in [4.69, 9.17) is 4.74 Å². The van der Waals surface area contributed by atoms with Crippen LogP contribution in [0.5, 0.6) is 0 Å². The van der Waals surface area contributed by atoms with Crippen molar-refractivity contribution in [3.63, 3.8) is 0 Å². The van der Waals surface area contributed by atoms with E-state index in [1.165, 1.54) is 0 Å². The van der Waals surface area contributed by atoms with Gasteiger partial charge in [-0.05, 0) is 27.7 Å². The monoisotopic (exact) mass is 319 g/mol. The molecule has 2 aliphatic heterocycles. The molecule has 0 spiro atoms. The van der Waals surface area contributed by atoms with E-state index >= 15 is 0 Å². The van der Waals surface area contributed by atoms with Crippen molar-refractivity contribution in [1.29, 1.82) is 0 Å². The minimum absolute atomic E-state index is 0.0921. The van der Waals surface area contributed by atoms with E-state index in [9.17, 15) is 4.79 Å². The summed E-state index contributed by atoms with van der Waals surface area (Å²) in [5, 5.41) is 4.60. The number of rotatable bonds is 3. The van der Waals surface area contributed by atoms with Crippen molar-refractivity contribution < 1.29 is 9.53 Å². The van der Waals surface area contributed by atoms with Crippen LogP contribution in [-0.4, -0.2) is 46.9 Å². The zero-order valence-electron chi connectivity index (χ0n) is 15.3. The van der Waals surface area contributed by atoms with E-state index < -0.39 is 0 Å². The number of aryl methyl sites for hydroxylation is 1. The molecule has 0 N–H and O–H groups in total. The summed E-state index contributed by atoms with van der Waals surface area (Å²) in [5.74, 6) is 0.219. The van der Waals surface area contributed by atoms with Gasteiger partial charge in [-0.3, -0.25) is 9.48 Å². The van der Waals surface area contributed by atoms with Crippen molar-refractivity contribution in [2.75, 3.05) is 26.3 Å². The van der Waals surface area contributed by atoms with Gasteiger partial charge in [0.05, 0.1) is 25.3 Å². The number of carbonyl (C=O) groups is 1. The van der Waals surface area contributed by atoms with Gasteiger partial charge in [-0.25, -0.2) is 0 Å². The Morgan fingerprint density at radius 3 is 2.26 bits per heavy atom. The SMILES string of the molecule is Cc1nn(C(C)C)c(C)c1CC(=O)N1C[C@]2(C)COC[C@]2(C)C1. The van der Waals surface area contributed by atoms with E-state index in [1.807, 2.05) is 16.5 Å². The van der Waals surface area contributed by atoms with Gasteiger partial charge >= 0.3 is 0 Å². The quantitative estimate of drug-likeness (QED) is 0.860. The van der Waals surface area contributed by atoms with Gasteiger partial charge in [0.25, 0.3) is 0 Å². The summed E-state index contributed by atoms with van der Waals surface area (Å²) in [5.41, 5.74) is 3.37. The summed E-state index contributed by atoms with van der Waals surface area (Å²) >= 11 is 0. The molecule has 128 valence electrons. The Balaban J connectivity index is 1.77. The lowest BCUT2D eigenvalue weighted by Crippen LogP contribution is -2.34. The highest BCUT2D eigenvalue weighted by Gasteiger charge is 2.56. The van der Waals surface area contributed by atoms with Crippen molar-refractivity contribution in [2.24, 2.45) is 10.8 Å². The van der Waals surface area contributed by atoms with E-state index in [0.717, 1.165) is 43.3 Å². The van der Waals surface area contributed by atoms with Crippen molar-refractivity contribution in [2.45, 2.75) is 54.0 Å². The molecule has 0 aromatic carbocycles. The molecule has 1 amide bonds. The first-order chi connectivity index (χ1) is 10.7. The lowest BCUT2D eigenvalue weighted by atomic mass is 9.71. The number of nitrogens with zero attached hydrogens (tertiary/aromatic N) is 3. The first-order valence-corrected chi connectivity index (χ1v) is 8.57. The molecule has 1 aromatic rings. The van der Waals surface area contributed by atoms with Crippen LogP contribution in [0.3, 0.4) is 0 Å². The smallest absolute Gasteiger partial charge is 0.227 e. The molecule has 3 rings (SSSR count). The number of hydrogen-bond acceptors (Lipinski definition) is 3. The largest absolute Gasteiger partial charge is 0.380 e. The van der Waals surface area contributed by atoms with Crippen LogP contribution < -0.4 is 0 Å². The van der Waals surface area contributed by atoms with Crippen molar-refractivity contribution in [3.05, 3.63) is 17.0 Å². The summed E-state index contributed by atoms with van der Waals surface area (Å²) < 4.78 is 7.70. The van der Waals surface area contributed by atoms with Crippen molar-refractivity contribution in [1.82, 2.24) is 14.7 Å². The van der Waals surface area contributed by atoms with Gasteiger partial charge in [0, 0.05) is 41.2 Å². The molecule has 2 saturated heterocycles. The molecule has 0 radical (unpaired) electrons. The second-order valence-corrected chi connectivity index (χ2v) is 8.23. The van der Waals surface area contributed by atoms with Crippen LogP contribution >= 0.6 is 0 Å². The summed E-state index contributed by atoms with van der Waals surface area (Å²) in [6.45, 7) is 15.9. The van der Waals surface area contributed by atoms with Gasteiger partial charge in [0.1, 0.15) is 0 Å². The van der Waals surface area contributed by atoms with Crippen LogP contribution in [0.1, 0.15) is 50.7 Å². The van der Waals surface area contributed by atoms with Gasteiger partial charge in [0.15, 0.2) is 0 Å². The highest BCUT2D eigenvalue weighted by molar-refractivity contribution is 5.80. The van der Waals surface area contributed by atoms with Gasteiger partial charge in [-0.1, -0.05) is 13.8 Å². The van der Waals surface area contributed by atoms with Crippen LogP contribution in [0.25, 0.3) is 0 Å². The van der Waals surface area contributed by atoms with Crippen molar-refractivity contribution in [3.8, 4) is 0 Å². The van der Waals surface area contributed by atoms with Crippen LogP contribution in [0.2, 0.25) is 0 Å². The molecule has 0 bridgehead atoms. The Morgan fingerprint density at radius 1 is 1.22 bits per heavy atom. The van der Waals surface area contributed by atoms with Crippen LogP contribution in [0.15, 0.2) is 0 Å². The van der Waals surface area contributed by atoms with E-state index in [0.29, 0.717) is 12.5 Å². The summed E-state index contributed by atoms with van der Waals surface area (Å²) in [6.07, 6.45) is 0.456. The molecule has 0 saturated carbocycles. The Hall–Kier alpha value is -1.36. The number of aromatic nitrogens is 2. The minimum atomic E-state index is 0.0921. The predicted molar refractivity (Wildman–Crippen MR) is 89.4 cm³/mol. The molecular weight excluding hydrogens is 290 g/mol.